The molecule has 1 fully saturated rings. The Bertz CT molecular complexity index is 489. The summed E-state index contributed by atoms with van der Waals surface area (Å²) in [5.41, 5.74) is 0.268. The molecule has 2 rings (SSSR count). The van der Waals surface area contributed by atoms with Crippen LogP contribution in [0.1, 0.15) is 26.2 Å². The molecule has 3 nitrogen and oxygen atoms in total. The first-order chi connectivity index (χ1) is 11.1. The maximum atomic E-state index is 11.9. The van der Waals surface area contributed by atoms with Gasteiger partial charge in [-0.1, -0.05) is 68.4 Å². The fourth-order valence-corrected chi connectivity index (χ4v) is 7.83. The molecule has 0 bridgehead atoms. The minimum absolute atomic E-state index is 0.0106. The van der Waals surface area contributed by atoms with Crippen molar-refractivity contribution in [1.29, 1.82) is 0 Å². The van der Waals surface area contributed by atoms with Gasteiger partial charge in [-0.3, -0.25) is 0 Å². The number of benzene rings is 1. The molecule has 1 saturated heterocycles. The van der Waals surface area contributed by atoms with E-state index in [1.165, 1.54) is 5.19 Å². The molecule has 4 heteroatoms. The number of hydrogen-bond acceptors (Lipinski definition) is 3. The van der Waals surface area contributed by atoms with Gasteiger partial charge in [-0.15, -0.1) is 0 Å². The summed E-state index contributed by atoms with van der Waals surface area (Å²) in [7, 11) is -0.133. The molecule has 4 atom stereocenters. The fraction of sp³-hybridized carbons (Fsp3) is 0.632. The normalized spacial score (nSPS) is 28.0. The van der Waals surface area contributed by atoms with Crippen molar-refractivity contribution in [1.82, 2.24) is 0 Å². The lowest BCUT2D eigenvalue weighted by Crippen LogP contribution is -2.51. The molecule has 0 amide bonds. The molecular formula is C19H30O3Si. The summed E-state index contributed by atoms with van der Waals surface area (Å²) in [4.78, 5) is 11.9. The first kappa shape index (κ1) is 18.4. The molecule has 0 N–H and O–H groups in total. The van der Waals surface area contributed by atoms with Crippen LogP contribution in [-0.4, -0.2) is 40.3 Å². The van der Waals surface area contributed by atoms with Crippen molar-refractivity contribution in [3.63, 3.8) is 0 Å². The second-order valence-electron chi connectivity index (χ2n) is 7.14. The van der Waals surface area contributed by atoms with Crippen LogP contribution in [0.5, 0.6) is 0 Å². The van der Waals surface area contributed by atoms with Gasteiger partial charge in [-0.05, 0) is 12.0 Å². The van der Waals surface area contributed by atoms with Crippen LogP contribution in [0.25, 0.3) is 0 Å². The SMILES string of the molecule is CCCC[C@@H]1O[C@H](COC)[C@@H]([Si](C)(C)c2ccccc2)[C@@H]1C=O. The number of hydrogen-bond donors (Lipinski definition) is 0. The average Bonchev–Trinajstić information content (AvgIpc) is 2.92. The highest BCUT2D eigenvalue weighted by molar-refractivity contribution is 6.91. The van der Waals surface area contributed by atoms with Gasteiger partial charge in [0.05, 0.1) is 26.9 Å². The molecule has 0 spiro atoms. The number of unbranched alkanes of at least 4 members (excludes halogenated alkanes) is 1. The van der Waals surface area contributed by atoms with Crippen LogP contribution < -0.4 is 5.19 Å². The van der Waals surface area contributed by atoms with Gasteiger partial charge in [0, 0.05) is 13.0 Å². The molecule has 0 unspecified atom stereocenters. The van der Waals surface area contributed by atoms with E-state index < -0.39 is 8.07 Å². The Balaban J connectivity index is 2.32. The second kappa shape index (κ2) is 8.22. The van der Waals surface area contributed by atoms with Gasteiger partial charge >= 0.3 is 0 Å². The predicted molar refractivity (Wildman–Crippen MR) is 96.9 cm³/mol. The Kier molecular flexibility index (Phi) is 6.57. The molecule has 0 radical (unpaired) electrons. The average molecular weight is 335 g/mol. The van der Waals surface area contributed by atoms with Crippen LogP contribution in [-0.2, 0) is 14.3 Å². The predicted octanol–water partition coefficient (Wildman–Crippen LogP) is 3.39. The van der Waals surface area contributed by atoms with Crippen LogP contribution in [0.15, 0.2) is 30.3 Å². The van der Waals surface area contributed by atoms with E-state index in [0.29, 0.717) is 6.61 Å². The molecule has 1 aliphatic heterocycles. The van der Waals surface area contributed by atoms with Crippen molar-refractivity contribution in [2.75, 3.05) is 13.7 Å². The molecule has 23 heavy (non-hydrogen) atoms. The third-order valence-corrected chi connectivity index (χ3v) is 9.52. The Labute approximate surface area is 141 Å². The lowest BCUT2D eigenvalue weighted by molar-refractivity contribution is -0.112. The molecule has 0 aliphatic carbocycles. The van der Waals surface area contributed by atoms with Crippen molar-refractivity contribution in [2.24, 2.45) is 5.92 Å². The molecule has 1 heterocycles. The quantitative estimate of drug-likeness (QED) is 0.540. The van der Waals surface area contributed by atoms with E-state index in [1.807, 2.05) is 6.07 Å². The highest BCUT2D eigenvalue weighted by Gasteiger charge is 2.52. The number of aldehydes is 1. The first-order valence-electron chi connectivity index (χ1n) is 8.71. The van der Waals surface area contributed by atoms with E-state index in [-0.39, 0.29) is 23.7 Å². The van der Waals surface area contributed by atoms with Crippen molar-refractivity contribution < 1.29 is 14.3 Å². The maximum absolute atomic E-state index is 11.9. The highest BCUT2D eigenvalue weighted by Crippen LogP contribution is 2.44. The molecule has 1 aliphatic rings. The summed E-state index contributed by atoms with van der Waals surface area (Å²) in [6.45, 7) is 7.47. The summed E-state index contributed by atoms with van der Waals surface area (Å²) in [5.74, 6) is -0.0106. The zero-order valence-electron chi connectivity index (χ0n) is 14.8. The van der Waals surface area contributed by atoms with Gasteiger partial charge in [0.15, 0.2) is 0 Å². The molecule has 0 aromatic heterocycles. The lowest BCUT2D eigenvalue weighted by atomic mass is 9.96. The topological polar surface area (TPSA) is 35.5 Å². The lowest BCUT2D eigenvalue weighted by Gasteiger charge is -2.35. The van der Waals surface area contributed by atoms with Gasteiger partial charge in [0.1, 0.15) is 6.29 Å². The van der Waals surface area contributed by atoms with Gasteiger partial charge in [0.25, 0.3) is 0 Å². The van der Waals surface area contributed by atoms with Crippen molar-refractivity contribution in [2.45, 2.75) is 57.0 Å². The van der Waals surface area contributed by atoms with Crippen LogP contribution in [0, 0.1) is 5.92 Å². The number of rotatable bonds is 8. The zero-order valence-corrected chi connectivity index (χ0v) is 15.8. The maximum Gasteiger partial charge on any atom is 0.125 e. The van der Waals surface area contributed by atoms with Crippen LogP contribution in [0.4, 0.5) is 0 Å². The molecule has 0 saturated carbocycles. The molecule has 1 aromatic carbocycles. The van der Waals surface area contributed by atoms with Gasteiger partial charge in [0.2, 0.25) is 0 Å². The summed E-state index contributed by atoms with van der Waals surface area (Å²) in [6, 6.07) is 10.6. The first-order valence-corrected chi connectivity index (χ1v) is 11.8. The van der Waals surface area contributed by atoms with Crippen molar-refractivity contribution in [3.05, 3.63) is 30.3 Å². The van der Waals surface area contributed by atoms with E-state index in [9.17, 15) is 4.79 Å². The van der Waals surface area contributed by atoms with Crippen molar-refractivity contribution >= 4 is 19.5 Å². The Morgan fingerprint density at radius 1 is 1.22 bits per heavy atom. The number of ether oxygens (including phenoxy) is 2. The van der Waals surface area contributed by atoms with Crippen LogP contribution in [0.2, 0.25) is 18.6 Å². The number of carbonyl (C=O) groups excluding carboxylic acids is 1. The highest BCUT2D eigenvalue weighted by atomic mass is 28.3. The third-order valence-electron chi connectivity index (χ3n) is 5.28. The largest absolute Gasteiger partial charge is 0.382 e. The van der Waals surface area contributed by atoms with E-state index in [1.54, 1.807) is 7.11 Å². The van der Waals surface area contributed by atoms with Gasteiger partial charge < -0.3 is 14.3 Å². The summed E-state index contributed by atoms with van der Waals surface area (Å²) >= 11 is 0. The van der Waals surface area contributed by atoms with Crippen LogP contribution in [0.3, 0.4) is 0 Å². The molecular weight excluding hydrogens is 304 g/mol. The minimum atomic E-state index is -1.85. The Morgan fingerprint density at radius 3 is 2.48 bits per heavy atom. The van der Waals surface area contributed by atoms with Crippen molar-refractivity contribution in [3.8, 4) is 0 Å². The minimum Gasteiger partial charge on any atom is -0.382 e. The zero-order chi connectivity index (χ0) is 16.9. The van der Waals surface area contributed by atoms with E-state index >= 15 is 0 Å². The van der Waals surface area contributed by atoms with E-state index in [2.05, 4.69) is 44.3 Å². The standard InChI is InChI=1S/C19H30O3Si/c1-5-6-12-17-16(13-20)19(18(22-17)14-21-2)23(3,4)15-10-8-7-9-11-15/h7-11,13,16-19H,5-6,12,14H2,1-4H3/t16-,17+,18-,19+/m1/s1. The number of methoxy groups -OCH3 is 1. The third kappa shape index (κ3) is 3.93. The smallest absolute Gasteiger partial charge is 0.125 e. The van der Waals surface area contributed by atoms with E-state index in [0.717, 1.165) is 25.5 Å². The molecule has 128 valence electrons. The fourth-order valence-electron chi connectivity index (χ4n) is 4.03. The summed E-state index contributed by atoms with van der Waals surface area (Å²) in [5, 5.41) is 1.39. The Morgan fingerprint density at radius 2 is 1.91 bits per heavy atom. The van der Waals surface area contributed by atoms with Gasteiger partial charge in [-0.2, -0.15) is 0 Å². The summed E-state index contributed by atoms with van der Waals surface area (Å²) < 4.78 is 11.7. The second-order valence-corrected chi connectivity index (χ2v) is 11.8. The van der Waals surface area contributed by atoms with E-state index in [4.69, 9.17) is 9.47 Å². The number of carbonyl (C=O) groups is 1. The molecule has 1 aromatic rings. The van der Waals surface area contributed by atoms with Crippen LogP contribution >= 0.6 is 0 Å². The van der Waals surface area contributed by atoms with Gasteiger partial charge in [-0.25, -0.2) is 0 Å². The Hall–Kier alpha value is -0.973. The monoisotopic (exact) mass is 334 g/mol. The summed E-state index contributed by atoms with van der Waals surface area (Å²) in [6.07, 6.45) is 4.43.